The van der Waals surface area contributed by atoms with Crippen LogP contribution in [-0.2, 0) is 4.74 Å². The first kappa shape index (κ1) is 13.6. The molecule has 0 radical (unpaired) electrons. The molecule has 108 valence electrons. The predicted molar refractivity (Wildman–Crippen MR) is 77.6 cm³/mol. The number of anilines is 1. The zero-order valence-electron chi connectivity index (χ0n) is 11.9. The molecule has 1 aromatic carbocycles. The summed E-state index contributed by atoms with van der Waals surface area (Å²) in [6.07, 6.45) is 1.58. The second-order valence-corrected chi connectivity index (χ2v) is 6.90. The molecule has 1 aliphatic carbocycles. The minimum Gasteiger partial charge on any atom is -0.483 e. The number of amides is 1. The number of carbonyl (C=O) groups is 1. The summed E-state index contributed by atoms with van der Waals surface area (Å²) >= 11 is 6.03. The first-order valence-electron chi connectivity index (χ1n) is 6.77. The summed E-state index contributed by atoms with van der Waals surface area (Å²) in [7, 11) is 0. The molecule has 1 spiro atoms. The largest absolute Gasteiger partial charge is 0.483 e. The lowest BCUT2D eigenvalue weighted by Crippen LogP contribution is -2.47. The van der Waals surface area contributed by atoms with Crippen molar-refractivity contribution in [2.75, 3.05) is 11.4 Å². The number of halogens is 1. The zero-order valence-corrected chi connectivity index (χ0v) is 12.7. The van der Waals surface area contributed by atoms with Gasteiger partial charge >= 0.3 is 6.09 Å². The van der Waals surface area contributed by atoms with Crippen LogP contribution in [0.5, 0.6) is 5.75 Å². The van der Waals surface area contributed by atoms with Crippen molar-refractivity contribution >= 4 is 23.4 Å². The maximum Gasteiger partial charge on any atom is 0.415 e. The van der Waals surface area contributed by atoms with Gasteiger partial charge in [0, 0.05) is 5.02 Å². The average Bonchev–Trinajstić information content (AvgIpc) is 3.06. The maximum atomic E-state index is 12.4. The summed E-state index contributed by atoms with van der Waals surface area (Å²) in [4.78, 5) is 14.1. The van der Waals surface area contributed by atoms with Crippen molar-refractivity contribution in [3.63, 3.8) is 0 Å². The van der Waals surface area contributed by atoms with Gasteiger partial charge in [0.05, 0.1) is 12.2 Å². The van der Waals surface area contributed by atoms with E-state index in [9.17, 15) is 4.79 Å². The number of nitrogens with zero attached hydrogens (tertiary/aromatic N) is 1. The average molecular weight is 296 g/mol. The molecule has 3 rings (SSSR count). The van der Waals surface area contributed by atoms with E-state index in [2.05, 4.69) is 0 Å². The summed E-state index contributed by atoms with van der Waals surface area (Å²) < 4.78 is 11.5. The Labute approximate surface area is 123 Å². The molecule has 0 N–H and O–H groups in total. The van der Waals surface area contributed by atoms with Crippen LogP contribution in [0.2, 0.25) is 5.02 Å². The van der Waals surface area contributed by atoms with Crippen LogP contribution in [0.15, 0.2) is 18.2 Å². The van der Waals surface area contributed by atoms with Gasteiger partial charge in [-0.05, 0) is 51.8 Å². The summed E-state index contributed by atoms with van der Waals surface area (Å²) in [5.74, 6) is 0.698. The van der Waals surface area contributed by atoms with Gasteiger partial charge in [0.1, 0.15) is 17.0 Å². The summed E-state index contributed by atoms with van der Waals surface area (Å²) in [6.45, 7) is 6.10. The van der Waals surface area contributed by atoms with E-state index >= 15 is 0 Å². The zero-order chi connectivity index (χ0) is 14.5. The number of benzene rings is 1. The van der Waals surface area contributed by atoms with Crippen LogP contribution in [0.4, 0.5) is 10.5 Å². The fraction of sp³-hybridized carbons (Fsp3) is 0.533. The Morgan fingerprint density at radius 3 is 2.70 bits per heavy atom. The van der Waals surface area contributed by atoms with Crippen molar-refractivity contribution in [2.24, 2.45) is 0 Å². The van der Waals surface area contributed by atoms with Crippen LogP contribution in [0, 0.1) is 0 Å². The highest BCUT2D eigenvalue weighted by Gasteiger charge is 2.51. The highest BCUT2D eigenvalue weighted by molar-refractivity contribution is 6.31. The van der Waals surface area contributed by atoms with Crippen molar-refractivity contribution in [1.29, 1.82) is 0 Å². The van der Waals surface area contributed by atoms with Gasteiger partial charge in [0.25, 0.3) is 0 Å². The van der Waals surface area contributed by atoms with E-state index in [1.165, 1.54) is 0 Å². The van der Waals surface area contributed by atoms with Crippen LogP contribution in [0.1, 0.15) is 33.6 Å². The predicted octanol–water partition coefficient (Wildman–Crippen LogP) is 4.01. The van der Waals surface area contributed by atoms with E-state index in [1.807, 2.05) is 26.8 Å². The molecule has 1 aromatic rings. The van der Waals surface area contributed by atoms with Gasteiger partial charge in [-0.3, -0.25) is 4.90 Å². The summed E-state index contributed by atoms with van der Waals surface area (Å²) in [5, 5.41) is 0.577. The van der Waals surface area contributed by atoms with Crippen molar-refractivity contribution in [3.05, 3.63) is 23.2 Å². The summed E-state index contributed by atoms with van der Waals surface area (Å²) in [5.41, 5.74) is -0.0629. The van der Waals surface area contributed by atoms with Gasteiger partial charge in [-0.15, -0.1) is 0 Å². The molecule has 0 aromatic heterocycles. The highest BCUT2D eigenvalue weighted by Crippen LogP contribution is 2.49. The van der Waals surface area contributed by atoms with E-state index in [0.717, 1.165) is 12.8 Å². The van der Waals surface area contributed by atoms with E-state index < -0.39 is 5.60 Å². The Bertz CT molecular complexity index is 561. The summed E-state index contributed by atoms with van der Waals surface area (Å²) in [6, 6.07) is 5.33. The van der Waals surface area contributed by atoms with Crippen LogP contribution in [0.25, 0.3) is 0 Å². The fourth-order valence-electron chi connectivity index (χ4n) is 2.31. The smallest absolute Gasteiger partial charge is 0.415 e. The first-order chi connectivity index (χ1) is 9.28. The minimum absolute atomic E-state index is 0.224. The molecule has 0 bridgehead atoms. The van der Waals surface area contributed by atoms with Crippen LogP contribution >= 0.6 is 11.6 Å². The number of rotatable bonds is 0. The maximum absolute atomic E-state index is 12.4. The van der Waals surface area contributed by atoms with E-state index in [1.54, 1.807) is 17.0 Å². The molecular weight excluding hydrogens is 278 g/mol. The Morgan fingerprint density at radius 1 is 1.40 bits per heavy atom. The van der Waals surface area contributed by atoms with Gasteiger partial charge in [-0.25, -0.2) is 4.79 Å². The molecule has 1 heterocycles. The number of hydrogen-bond donors (Lipinski definition) is 0. The molecule has 1 fully saturated rings. The third-order valence-electron chi connectivity index (χ3n) is 3.41. The molecule has 5 heteroatoms. The second kappa shape index (κ2) is 4.29. The van der Waals surface area contributed by atoms with Gasteiger partial charge in [-0.1, -0.05) is 11.6 Å². The van der Waals surface area contributed by atoms with Crippen molar-refractivity contribution < 1.29 is 14.3 Å². The molecule has 1 saturated carbocycles. The number of hydrogen-bond acceptors (Lipinski definition) is 3. The third-order valence-corrected chi connectivity index (χ3v) is 3.64. The quantitative estimate of drug-likeness (QED) is 0.726. The topological polar surface area (TPSA) is 38.8 Å². The lowest BCUT2D eigenvalue weighted by molar-refractivity contribution is 0.0537. The van der Waals surface area contributed by atoms with Gasteiger partial charge < -0.3 is 9.47 Å². The Morgan fingerprint density at radius 2 is 2.10 bits per heavy atom. The van der Waals surface area contributed by atoms with Gasteiger partial charge in [-0.2, -0.15) is 0 Å². The highest BCUT2D eigenvalue weighted by atomic mass is 35.5. The lowest BCUT2D eigenvalue weighted by Gasteiger charge is -2.36. The van der Waals surface area contributed by atoms with Gasteiger partial charge in [0.2, 0.25) is 0 Å². The Balaban J connectivity index is 1.94. The minimum atomic E-state index is -0.523. The van der Waals surface area contributed by atoms with E-state index in [-0.39, 0.29) is 11.7 Å². The molecule has 2 aliphatic rings. The normalized spacial score (nSPS) is 19.3. The number of carbonyl (C=O) groups excluding carboxylic acids is 1. The Hall–Kier alpha value is -1.42. The third kappa shape index (κ3) is 2.57. The molecule has 0 saturated heterocycles. The lowest BCUT2D eigenvalue weighted by atomic mass is 10.1. The van der Waals surface area contributed by atoms with E-state index in [4.69, 9.17) is 21.1 Å². The molecule has 0 unspecified atom stereocenters. The fourth-order valence-corrected chi connectivity index (χ4v) is 2.47. The molecule has 1 aliphatic heterocycles. The number of ether oxygens (including phenoxy) is 2. The van der Waals surface area contributed by atoms with Crippen LogP contribution in [-0.4, -0.2) is 23.8 Å². The Kier molecular flexibility index (Phi) is 2.91. The molecule has 4 nitrogen and oxygen atoms in total. The molecule has 1 amide bonds. The first-order valence-corrected chi connectivity index (χ1v) is 7.15. The van der Waals surface area contributed by atoms with Gasteiger partial charge in [0.15, 0.2) is 0 Å². The van der Waals surface area contributed by atoms with Crippen molar-refractivity contribution in [3.8, 4) is 5.75 Å². The van der Waals surface area contributed by atoms with Crippen molar-refractivity contribution in [1.82, 2.24) is 0 Å². The molecular formula is C15H18ClNO3. The standard InChI is InChI=1S/C15H18ClNO3/c1-14(2,3)20-13(18)17-9-15(6-7-15)19-12-5-4-10(16)8-11(12)17/h4-5,8H,6-7,9H2,1-3H3. The molecule has 20 heavy (non-hydrogen) atoms. The van der Waals surface area contributed by atoms with Crippen molar-refractivity contribution in [2.45, 2.75) is 44.8 Å². The monoisotopic (exact) mass is 295 g/mol. The van der Waals surface area contributed by atoms with Crippen LogP contribution in [0.3, 0.4) is 0 Å². The second-order valence-electron chi connectivity index (χ2n) is 6.46. The molecule has 0 atom stereocenters. The van der Waals surface area contributed by atoms with Crippen LogP contribution < -0.4 is 9.64 Å². The SMILES string of the molecule is CC(C)(C)OC(=O)N1CC2(CC2)Oc2ccc(Cl)cc21. The number of fused-ring (bicyclic) bond motifs is 1. The van der Waals surface area contributed by atoms with E-state index in [0.29, 0.717) is 23.0 Å².